The van der Waals surface area contributed by atoms with Gasteiger partial charge in [-0.2, -0.15) is 0 Å². The summed E-state index contributed by atoms with van der Waals surface area (Å²) in [4.78, 5) is 2.68. The van der Waals surface area contributed by atoms with Gasteiger partial charge in [0, 0.05) is 31.7 Å². The predicted molar refractivity (Wildman–Crippen MR) is 67.2 cm³/mol. The molecule has 0 amide bonds. The molecule has 1 saturated heterocycles. The molecule has 0 aromatic rings. The van der Waals surface area contributed by atoms with E-state index in [9.17, 15) is 0 Å². The van der Waals surface area contributed by atoms with Gasteiger partial charge >= 0.3 is 0 Å². The molecule has 1 heterocycles. The van der Waals surface area contributed by atoms with Gasteiger partial charge in [-0.25, -0.2) is 0 Å². The van der Waals surface area contributed by atoms with Crippen molar-refractivity contribution in [3.8, 4) is 0 Å². The zero-order chi connectivity index (χ0) is 11.3. The van der Waals surface area contributed by atoms with Crippen molar-refractivity contribution in [2.45, 2.75) is 59.0 Å². The molecule has 0 aromatic carbocycles. The van der Waals surface area contributed by atoms with Crippen molar-refractivity contribution in [1.29, 1.82) is 0 Å². The average Bonchev–Trinajstić information content (AvgIpc) is 2.19. The highest BCUT2D eigenvalue weighted by Gasteiger charge is 2.23. The van der Waals surface area contributed by atoms with Crippen LogP contribution in [0.5, 0.6) is 0 Å². The van der Waals surface area contributed by atoms with Crippen LogP contribution in [0.4, 0.5) is 0 Å². The summed E-state index contributed by atoms with van der Waals surface area (Å²) >= 11 is 0. The Morgan fingerprint density at radius 2 is 1.93 bits per heavy atom. The molecule has 0 bridgehead atoms. The standard InChI is InChI=1S/C13H28N2/c1-5-13(6-2)15-8-7-14-12(10-15)9-11(3)4/h11-14H,5-10H2,1-4H3. The molecule has 2 nitrogen and oxygen atoms in total. The average molecular weight is 212 g/mol. The number of hydrogen-bond donors (Lipinski definition) is 1. The van der Waals surface area contributed by atoms with Crippen LogP contribution in [0, 0.1) is 5.92 Å². The van der Waals surface area contributed by atoms with Crippen LogP contribution in [-0.2, 0) is 0 Å². The number of nitrogens with one attached hydrogen (secondary N) is 1. The summed E-state index contributed by atoms with van der Waals surface area (Å²) in [5, 5.41) is 3.64. The lowest BCUT2D eigenvalue weighted by Crippen LogP contribution is -2.54. The van der Waals surface area contributed by atoms with Gasteiger partial charge in [-0.3, -0.25) is 4.90 Å². The van der Waals surface area contributed by atoms with Crippen LogP contribution in [0.1, 0.15) is 47.0 Å². The molecule has 1 atom stereocenters. The summed E-state index contributed by atoms with van der Waals surface area (Å²) in [6.07, 6.45) is 3.91. The highest BCUT2D eigenvalue weighted by molar-refractivity contribution is 4.82. The van der Waals surface area contributed by atoms with Crippen molar-refractivity contribution < 1.29 is 0 Å². The molecule has 2 heteroatoms. The van der Waals surface area contributed by atoms with Gasteiger partial charge in [0.2, 0.25) is 0 Å². The number of rotatable bonds is 5. The fourth-order valence-electron chi connectivity index (χ4n) is 2.71. The van der Waals surface area contributed by atoms with Crippen LogP contribution in [0.2, 0.25) is 0 Å². The maximum Gasteiger partial charge on any atom is 0.0198 e. The quantitative estimate of drug-likeness (QED) is 0.753. The van der Waals surface area contributed by atoms with Crippen molar-refractivity contribution in [1.82, 2.24) is 10.2 Å². The summed E-state index contributed by atoms with van der Waals surface area (Å²) in [7, 11) is 0. The monoisotopic (exact) mass is 212 g/mol. The molecule has 1 N–H and O–H groups in total. The third-order valence-electron chi connectivity index (χ3n) is 3.50. The normalized spacial score (nSPS) is 24.0. The zero-order valence-corrected chi connectivity index (χ0v) is 10.9. The summed E-state index contributed by atoms with van der Waals surface area (Å²) in [6, 6.07) is 1.53. The third-order valence-corrected chi connectivity index (χ3v) is 3.50. The van der Waals surface area contributed by atoms with E-state index in [-0.39, 0.29) is 0 Å². The molecule has 15 heavy (non-hydrogen) atoms. The molecular weight excluding hydrogens is 184 g/mol. The first-order valence-corrected chi connectivity index (χ1v) is 6.64. The van der Waals surface area contributed by atoms with Crippen molar-refractivity contribution in [2.75, 3.05) is 19.6 Å². The van der Waals surface area contributed by atoms with E-state index in [2.05, 4.69) is 37.9 Å². The third kappa shape index (κ3) is 4.12. The number of piperazine rings is 1. The first kappa shape index (κ1) is 13.0. The molecular formula is C13H28N2. The fraction of sp³-hybridized carbons (Fsp3) is 1.00. The Labute approximate surface area is 95.4 Å². The Morgan fingerprint density at radius 3 is 2.47 bits per heavy atom. The second-order valence-electron chi connectivity index (χ2n) is 5.25. The molecule has 0 aromatic heterocycles. The van der Waals surface area contributed by atoms with Crippen LogP contribution in [-0.4, -0.2) is 36.6 Å². The van der Waals surface area contributed by atoms with Crippen LogP contribution >= 0.6 is 0 Å². The summed E-state index contributed by atoms with van der Waals surface area (Å²) in [5.41, 5.74) is 0. The van der Waals surface area contributed by atoms with Crippen LogP contribution < -0.4 is 5.32 Å². The minimum atomic E-state index is 0.722. The van der Waals surface area contributed by atoms with E-state index >= 15 is 0 Å². The molecule has 1 aliphatic rings. The van der Waals surface area contributed by atoms with Crippen LogP contribution in [0.15, 0.2) is 0 Å². The van der Waals surface area contributed by atoms with Crippen molar-refractivity contribution in [3.05, 3.63) is 0 Å². The fourth-order valence-corrected chi connectivity index (χ4v) is 2.71. The maximum atomic E-state index is 3.64. The van der Waals surface area contributed by atoms with Crippen molar-refractivity contribution in [2.24, 2.45) is 5.92 Å². The van der Waals surface area contributed by atoms with Gasteiger partial charge in [0.05, 0.1) is 0 Å². The second-order valence-corrected chi connectivity index (χ2v) is 5.25. The highest BCUT2D eigenvalue weighted by Crippen LogP contribution is 2.14. The minimum Gasteiger partial charge on any atom is -0.311 e. The summed E-state index contributed by atoms with van der Waals surface area (Å²) < 4.78 is 0. The van der Waals surface area contributed by atoms with Crippen LogP contribution in [0.3, 0.4) is 0 Å². The van der Waals surface area contributed by atoms with Gasteiger partial charge in [-0.05, 0) is 25.2 Å². The topological polar surface area (TPSA) is 15.3 Å². The predicted octanol–water partition coefficient (Wildman–Crippen LogP) is 2.49. The van der Waals surface area contributed by atoms with Gasteiger partial charge < -0.3 is 5.32 Å². The van der Waals surface area contributed by atoms with E-state index in [0.717, 1.165) is 18.0 Å². The minimum absolute atomic E-state index is 0.722. The molecule has 1 rings (SSSR count). The van der Waals surface area contributed by atoms with E-state index in [1.807, 2.05) is 0 Å². The smallest absolute Gasteiger partial charge is 0.0198 e. The summed E-state index contributed by atoms with van der Waals surface area (Å²) in [6.45, 7) is 12.9. The largest absolute Gasteiger partial charge is 0.311 e. The van der Waals surface area contributed by atoms with Gasteiger partial charge in [0.25, 0.3) is 0 Å². The zero-order valence-electron chi connectivity index (χ0n) is 10.9. The Bertz CT molecular complexity index is 164. The van der Waals surface area contributed by atoms with Gasteiger partial charge in [-0.1, -0.05) is 27.7 Å². The van der Waals surface area contributed by atoms with E-state index in [1.165, 1.54) is 38.9 Å². The van der Waals surface area contributed by atoms with Gasteiger partial charge in [0.15, 0.2) is 0 Å². The lowest BCUT2D eigenvalue weighted by molar-refractivity contribution is 0.128. The molecule has 1 aliphatic heterocycles. The Morgan fingerprint density at radius 1 is 1.27 bits per heavy atom. The lowest BCUT2D eigenvalue weighted by Gasteiger charge is -2.39. The molecule has 0 aliphatic carbocycles. The molecule has 1 unspecified atom stereocenters. The van der Waals surface area contributed by atoms with Crippen molar-refractivity contribution in [3.63, 3.8) is 0 Å². The van der Waals surface area contributed by atoms with E-state index < -0.39 is 0 Å². The summed E-state index contributed by atoms with van der Waals surface area (Å²) in [5.74, 6) is 0.809. The Hall–Kier alpha value is -0.0800. The Balaban J connectivity index is 2.40. The number of hydrogen-bond acceptors (Lipinski definition) is 2. The molecule has 0 saturated carbocycles. The number of nitrogens with zero attached hydrogens (tertiary/aromatic N) is 1. The maximum absolute atomic E-state index is 3.64. The van der Waals surface area contributed by atoms with Gasteiger partial charge in [0.1, 0.15) is 0 Å². The first-order valence-electron chi connectivity index (χ1n) is 6.64. The van der Waals surface area contributed by atoms with E-state index in [1.54, 1.807) is 0 Å². The van der Waals surface area contributed by atoms with E-state index in [4.69, 9.17) is 0 Å². The van der Waals surface area contributed by atoms with Gasteiger partial charge in [-0.15, -0.1) is 0 Å². The molecule has 1 fully saturated rings. The van der Waals surface area contributed by atoms with E-state index in [0.29, 0.717) is 0 Å². The SMILES string of the molecule is CCC(CC)N1CCNC(CC(C)C)C1. The molecule has 0 spiro atoms. The molecule has 90 valence electrons. The second kappa shape index (κ2) is 6.49. The molecule has 0 radical (unpaired) electrons. The van der Waals surface area contributed by atoms with Crippen LogP contribution in [0.25, 0.3) is 0 Å². The highest BCUT2D eigenvalue weighted by atomic mass is 15.2. The Kier molecular flexibility index (Phi) is 5.62. The lowest BCUT2D eigenvalue weighted by atomic mass is 10.00. The first-order chi connectivity index (χ1) is 7.17. The van der Waals surface area contributed by atoms with Crippen molar-refractivity contribution >= 4 is 0 Å².